The number of benzene rings is 7. The minimum atomic E-state index is -3.14. The number of nitrogens with zero attached hydrogens (tertiary/aromatic N) is 4. The van der Waals surface area contributed by atoms with Gasteiger partial charge in [-0.1, -0.05) is 140 Å². The van der Waals surface area contributed by atoms with Crippen LogP contribution in [-0.2, 0) is 0 Å². The highest BCUT2D eigenvalue weighted by Crippen LogP contribution is 2.43. The van der Waals surface area contributed by atoms with Crippen LogP contribution in [0.2, 0.25) is 0 Å². The number of para-hydroxylation sites is 2. The maximum Gasteiger partial charge on any atom is 0.184 e. The largest absolute Gasteiger partial charge is 0.309 e. The summed E-state index contributed by atoms with van der Waals surface area (Å²) in [5.74, 6) is 0.773. The highest BCUT2D eigenvalue weighted by Gasteiger charge is 2.49. The standard InChI is InChI=1S/C53H37FN4Si/c54-53(38-18-16-17-37(33-38)45-26-12-14-31-55-45)39-29-30-50-48(34-39)58(52-28-13-15-32-56-52)49-35-44-43-25-10-11-27-46(43)57(40-19-4-1-5-20-40)47(44)36-51(49)59(50,41-21-6-2-7-22-41)42-23-8-3-9-24-42/h1-36,53H. The third-order valence-corrected chi connectivity index (χ3v) is 16.7. The molecule has 1 aliphatic rings. The number of fused-ring (bicyclic) bond motifs is 5. The lowest BCUT2D eigenvalue weighted by Gasteiger charge is -2.45. The van der Waals surface area contributed by atoms with Gasteiger partial charge in [-0.15, -0.1) is 0 Å². The van der Waals surface area contributed by atoms with Gasteiger partial charge in [-0.25, -0.2) is 9.37 Å². The van der Waals surface area contributed by atoms with Gasteiger partial charge in [0.1, 0.15) is 5.82 Å². The third-order valence-electron chi connectivity index (χ3n) is 11.8. The molecule has 1 unspecified atom stereocenters. The molecule has 0 fully saturated rings. The lowest BCUT2D eigenvalue weighted by atomic mass is 9.99. The Morgan fingerprint density at radius 1 is 0.458 bits per heavy atom. The van der Waals surface area contributed by atoms with E-state index in [0.717, 1.165) is 55.9 Å². The average Bonchev–Trinajstić information content (AvgIpc) is 3.64. The van der Waals surface area contributed by atoms with Gasteiger partial charge >= 0.3 is 0 Å². The summed E-state index contributed by atoms with van der Waals surface area (Å²) in [6.45, 7) is 0. The summed E-state index contributed by atoms with van der Waals surface area (Å²) in [7, 11) is -3.14. The van der Waals surface area contributed by atoms with Crippen molar-refractivity contribution in [2.24, 2.45) is 0 Å². The predicted octanol–water partition coefficient (Wildman–Crippen LogP) is 10.5. The van der Waals surface area contributed by atoms with Crippen LogP contribution >= 0.6 is 0 Å². The van der Waals surface area contributed by atoms with Crippen LogP contribution < -0.4 is 25.6 Å². The van der Waals surface area contributed by atoms with Gasteiger partial charge in [-0.05, 0) is 98.6 Å². The molecule has 4 heterocycles. The van der Waals surface area contributed by atoms with Crippen molar-refractivity contribution in [3.8, 4) is 16.9 Å². The summed E-state index contributed by atoms with van der Waals surface area (Å²) < 4.78 is 19.7. The topological polar surface area (TPSA) is 34.0 Å². The molecule has 10 aromatic rings. The summed E-state index contributed by atoms with van der Waals surface area (Å²) >= 11 is 0. The summed E-state index contributed by atoms with van der Waals surface area (Å²) in [5.41, 5.74) is 8.21. The highest BCUT2D eigenvalue weighted by molar-refractivity contribution is 7.21. The number of anilines is 3. The van der Waals surface area contributed by atoms with Gasteiger partial charge in [0.25, 0.3) is 0 Å². The van der Waals surface area contributed by atoms with Gasteiger partial charge in [0.05, 0.1) is 16.7 Å². The van der Waals surface area contributed by atoms with Crippen LogP contribution in [0, 0.1) is 0 Å². The monoisotopic (exact) mass is 776 g/mol. The van der Waals surface area contributed by atoms with Crippen molar-refractivity contribution in [3.63, 3.8) is 0 Å². The normalized spacial score (nSPS) is 13.5. The van der Waals surface area contributed by atoms with Crippen LogP contribution in [0.3, 0.4) is 0 Å². The molecule has 0 N–H and O–H groups in total. The number of rotatable bonds is 7. The Morgan fingerprint density at radius 2 is 1.10 bits per heavy atom. The Balaban J connectivity index is 1.24. The Kier molecular flexibility index (Phi) is 8.38. The Labute approximate surface area is 343 Å². The van der Waals surface area contributed by atoms with E-state index >= 15 is 4.39 Å². The van der Waals surface area contributed by atoms with Crippen LogP contribution in [0.4, 0.5) is 21.6 Å². The fourth-order valence-corrected chi connectivity index (χ4v) is 14.4. The van der Waals surface area contributed by atoms with E-state index < -0.39 is 14.2 Å². The molecule has 11 rings (SSSR count). The fourth-order valence-electron chi connectivity index (χ4n) is 9.31. The molecule has 3 aromatic heterocycles. The van der Waals surface area contributed by atoms with Crippen molar-refractivity contribution < 1.29 is 4.39 Å². The van der Waals surface area contributed by atoms with Gasteiger partial charge in [0.2, 0.25) is 0 Å². The molecule has 0 amide bonds. The second-order valence-electron chi connectivity index (χ2n) is 15.1. The van der Waals surface area contributed by atoms with Gasteiger partial charge in [0, 0.05) is 45.8 Å². The zero-order chi connectivity index (χ0) is 39.3. The Hall–Kier alpha value is -7.41. The van der Waals surface area contributed by atoms with E-state index in [9.17, 15) is 0 Å². The lowest BCUT2D eigenvalue weighted by Crippen LogP contribution is -2.77. The molecule has 59 heavy (non-hydrogen) atoms. The molecule has 0 radical (unpaired) electrons. The average molecular weight is 777 g/mol. The first-order valence-corrected chi connectivity index (χ1v) is 22.0. The molecule has 1 aliphatic heterocycles. The van der Waals surface area contributed by atoms with E-state index in [-0.39, 0.29) is 0 Å². The van der Waals surface area contributed by atoms with Crippen molar-refractivity contribution in [2.45, 2.75) is 6.17 Å². The molecule has 1 atom stereocenters. The molecule has 0 saturated heterocycles. The molecule has 6 heteroatoms. The second kappa shape index (κ2) is 14.2. The number of hydrogen-bond donors (Lipinski definition) is 0. The summed E-state index contributed by atoms with van der Waals surface area (Å²) in [6, 6.07) is 71.9. The molecular formula is C53H37FN4Si. The predicted molar refractivity (Wildman–Crippen MR) is 243 cm³/mol. The second-order valence-corrected chi connectivity index (χ2v) is 18.8. The van der Waals surface area contributed by atoms with E-state index in [1.807, 2.05) is 66.9 Å². The molecule has 0 saturated carbocycles. The Morgan fingerprint density at radius 3 is 1.81 bits per heavy atom. The number of alkyl halides is 1. The first-order chi connectivity index (χ1) is 29.2. The van der Waals surface area contributed by atoms with Crippen molar-refractivity contribution in [1.29, 1.82) is 0 Å². The van der Waals surface area contributed by atoms with Gasteiger partial charge < -0.3 is 4.57 Å². The highest BCUT2D eigenvalue weighted by atomic mass is 28.3. The summed E-state index contributed by atoms with van der Waals surface area (Å²) in [6.07, 6.45) is 2.23. The fraction of sp³-hybridized carbons (Fsp3) is 0.0189. The van der Waals surface area contributed by atoms with Crippen LogP contribution in [0.25, 0.3) is 38.8 Å². The number of hydrogen-bond acceptors (Lipinski definition) is 3. The number of halogens is 1. The minimum Gasteiger partial charge on any atom is -0.309 e. The van der Waals surface area contributed by atoms with Crippen LogP contribution in [0.1, 0.15) is 17.3 Å². The van der Waals surface area contributed by atoms with Crippen molar-refractivity contribution in [1.82, 2.24) is 14.5 Å². The van der Waals surface area contributed by atoms with E-state index in [1.54, 1.807) is 6.20 Å². The third kappa shape index (κ3) is 5.56. The first-order valence-electron chi connectivity index (χ1n) is 20.0. The molecule has 0 spiro atoms. The molecule has 280 valence electrons. The zero-order valence-electron chi connectivity index (χ0n) is 32.0. The maximum absolute atomic E-state index is 17.3. The van der Waals surface area contributed by atoms with E-state index in [4.69, 9.17) is 4.98 Å². The zero-order valence-corrected chi connectivity index (χ0v) is 33.0. The quantitative estimate of drug-likeness (QED) is 0.151. The smallest absolute Gasteiger partial charge is 0.184 e. The van der Waals surface area contributed by atoms with Crippen molar-refractivity contribution in [3.05, 3.63) is 230 Å². The van der Waals surface area contributed by atoms with Crippen LogP contribution in [0.5, 0.6) is 0 Å². The molecule has 4 nitrogen and oxygen atoms in total. The molecule has 0 bridgehead atoms. The van der Waals surface area contributed by atoms with Gasteiger partial charge in [0.15, 0.2) is 14.2 Å². The van der Waals surface area contributed by atoms with Crippen LogP contribution in [-0.4, -0.2) is 22.6 Å². The van der Waals surface area contributed by atoms with Crippen molar-refractivity contribution in [2.75, 3.05) is 4.90 Å². The maximum atomic E-state index is 17.3. The summed E-state index contributed by atoms with van der Waals surface area (Å²) in [5, 5.41) is 7.23. The minimum absolute atomic E-state index is 0.581. The SMILES string of the molecule is FC(c1cccc(-c2ccccn2)c1)c1ccc2c(c1)N(c1ccccn1)c1cc3c4ccccc4n(-c4ccccc4)c3cc1[Si]2(c1ccccc1)c1ccccc1. The molecule has 0 aliphatic carbocycles. The molecular weight excluding hydrogens is 740 g/mol. The van der Waals surface area contributed by atoms with Gasteiger partial charge in [-0.2, -0.15) is 0 Å². The number of aromatic nitrogens is 3. The summed E-state index contributed by atoms with van der Waals surface area (Å²) in [4.78, 5) is 11.8. The first kappa shape index (κ1) is 34.8. The van der Waals surface area contributed by atoms with E-state index in [1.165, 1.54) is 20.7 Å². The van der Waals surface area contributed by atoms with E-state index in [0.29, 0.717) is 11.1 Å². The molecule has 7 aromatic carbocycles. The van der Waals surface area contributed by atoms with E-state index in [2.05, 4.69) is 160 Å². The van der Waals surface area contributed by atoms with Crippen LogP contribution in [0.15, 0.2) is 219 Å². The Bertz CT molecular complexity index is 3080. The lowest BCUT2D eigenvalue weighted by molar-refractivity contribution is 0.402. The van der Waals surface area contributed by atoms with Crippen molar-refractivity contribution >= 4 is 67.8 Å². The van der Waals surface area contributed by atoms with Gasteiger partial charge in [-0.3, -0.25) is 9.88 Å². The number of pyridine rings is 2.